The predicted molar refractivity (Wildman–Crippen MR) is 117 cm³/mol. The first-order chi connectivity index (χ1) is 14.7. The normalized spacial score (nSPS) is 11.1. The molecule has 0 aliphatic carbocycles. The van der Waals surface area contributed by atoms with Crippen LogP contribution in [0.4, 0.5) is 0 Å². The standard InChI is InChI=1S/C23H18N4O2S/c1-26(15-22-24-17-10-5-6-12-21(17)30-22)23(28)19-14-18(20-11-7-13-29-20)25-27(19)16-8-3-2-4-9-16/h2-14H,15H2,1H3. The lowest BCUT2D eigenvalue weighted by atomic mass is 10.2. The largest absolute Gasteiger partial charge is 0.463 e. The molecule has 0 fully saturated rings. The molecule has 0 N–H and O–H groups in total. The highest BCUT2D eigenvalue weighted by atomic mass is 32.1. The van der Waals surface area contributed by atoms with Crippen molar-refractivity contribution >= 4 is 27.5 Å². The predicted octanol–water partition coefficient (Wildman–Crippen LogP) is 5.01. The second-order valence-electron chi connectivity index (χ2n) is 6.88. The Morgan fingerprint density at radius 1 is 1.07 bits per heavy atom. The minimum absolute atomic E-state index is 0.136. The topological polar surface area (TPSA) is 64.2 Å². The van der Waals surface area contributed by atoms with Gasteiger partial charge in [0.15, 0.2) is 5.76 Å². The quantitative estimate of drug-likeness (QED) is 0.405. The molecule has 2 aromatic carbocycles. The van der Waals surface area contributed by atoms with E-state index in [9.17, 15) is 4.79 Å². The molecule has 5 aromatic rings. The van der Waals surface area contributed by atoms with Crippen LogP contribution in [-0.4, -0.2) is 32.6 Å². The summed E-state index contributed by atoms with van der Waals surface area (Å²) in [6.45, 7) is 0.425. The smallest absolute Gasteiger partial charge is 0.272 e. The Labute approximate surface area is 177 Å². The summed E-state index contributed by atoms with van der Waals surface area (Å²) in [6.07, 6.45) is 1.59. The molecule has 0 spiro atoms. The molecule has 0 aliphatic heterocycles. The van der Waals surface area contributed by atoms with Crippen molar-refractivity contribution in [1.29, 1.82) is 0 Å². The van der Waals surface area contributed by atoms with Gasteiger partial charge in [-0.15, -0.1) is 11.3 Å². The molecule has 3 heterocycles. The van der Waals surface area contributed by atoms with Crippen molar-refractivity contribution in [2.75, 3.05) is 7.05 Å². The van der Waals surface area contributed by atoms with Crippen LogP contribution < -0.4 is 0 Å². The van der Waals surface area contributed by atoms with Crippen LogP contribution in [0.2, 0.25) is 0 Å². The number of furan rings is 1. The number of para-hydroxylation sites is 2. The van der Waals surface area contributed by atoms with Gasteiger partial charge in [0.05, 0.1) is 28.7 Å². The summed E-state index contributed by atoms with van der Waals surface area (Å²) in [4.78, 5) is 19.7. The maximum absolute atomic E-state index is 13.4. The Morgan fingerprint density at radius 3 is 2.63 bits per heavy atom. The molecule has 0 saturated carbocycles. The number of hydrogen-bond acceptors (Lipinski definition) is 5. The molecule has 0 unspecified atom stereocenters. The average Bonchev–Trinajstić information content (AvgIpc) is 3.52. The van der Waals surface area contributed by atoms with E-state index in [1.165, 1.54) is 0 Å². The van der Waals surface area contributed by atoms with Gasteiger partial charge in [-0.1, -0.05) is 30.3 Å². The van der Waals surface area contributed by atoms with Crippen LogP contribution in [0.1, 0.15) is 15.5 Å². The molecule has 3 aromatic heterocycles. The highest BCUT2D eigenvalue weighted by Crippen LogP contribution is 2.25. The van der Waals surface area contributed by atoms with Crippen LogP contribution in [0.15, 0.2) is 83.5 Å². The number of amides is 1. The maximum atomic E-state index is 13.4. The number of thiazole rings is 1. The summed E-state index contributed by atoms with van der Waals surface area (Å²) in [5.74, 6) is 0.482. The highest BCUT2D eigenvalue weighted by molar-refractivity contribution is 7.18. The van der Waals surface area contributed by atoms with Gasteiger partial charge in [0.1, 0.15) is 16.4 Å². The maximum Gasteiger partial charge on any atom is 0.272 e. The van der Waals surface area contributed by atoms with Gasteiger partial charge in [-0.3, -0.25) is 4.79 Å². The van der Waals surface area contributed by atoms with Crippen molar-refractivity contribution < 1.29 is 9.21 Å². The number of rotatable bonds is 5. The first kappa shape index (κ1) is 18.3. The first-order valence-electron chi connectivity index (χ1n) is 9.48. The van der Waals surface area contributed by atoms with Gasteiger partial charge >= 0.3 is 0 Å². The molecule has 5 rings (SSSR count). The fourth-order valence-electron chi connectivity index (χ4n) is 3.30. The van der Waals surface area contributed by atoms with Gasteiger partial charge < -0.3 is 9.32 Å². The molecule has 0 atom stereocenters. The number of aromatic nitrogens is 3. The molecule has 1 amide bonds. The van der Waals surface area contributed by atoms with E-state index in [0.29, 0.717) is 23.7 Å². The van der Waals surface area contributed by atoms with Crippen LogP contribution in [0.3, 0.4) is 0 Å². The molecule has 148 valence electrons. The van der Waals surface area contributed by atoms with E-state index in [2.05, 4.69) is 10.1 Å². The van der Waals surface area contributed by atoms with Gasteiger partial charge in [-0.25, -0.2) is 9.67 Å². The third-order valence-corrected chi connectivity index (χ3v) is 5.78. The Balaban J connectivity index is 1.49. The molecular weight excluding hydrogens is 396 g/mol. The van der Waals surface area contributed by atoms with Gasteiger partial charge in [0, 0.05) is 13.1 Å². The van der Waals surface area contributed by atoms with Crippen LogP contribution in [0, 0.1) is 0 Å². The number of nitrogens with zero attached hydrogens (tertiary/aromatic N) is 4. The highest BCUT2D eigenvalue weighted by Gasteiger charge is 2.22. The fourth-order valence-corrected chi connectivity index (χ4v) is 4.32. The molecule has 7 heteroatoms. The second kappa shape index (κ2) is 7.61. The zero-order valence-electron chi connectivity index (χ0n) is 16.2. The monoisotopic (exact) mass is 414 g/mol. The minimum atomic E-state index is -0.136. The van der Waals surface area contributed by atoms with E-state index in [1.54, 1.807) is 46.4 Å². The number of hydrogen-bond donors (Lipinski definition) is 0. The summed E-state index contributed by atoms with van der Waals surface area (Å²) < 4.78 is 8.26. The van der Waals surface area contributed by atoms with Crippen molar-refractivity contribution in [2.24, 2.45) is 0 Å². The fraction of sp³-hybridized carbons (Fsp3) is 0.0870. The first-order valence-corrected chi connectivity index (χ1v) is 10.3. The van der Waals surface area contributed by atoms with Crippen molar-refractivity contribution in [3.05, 3.63) is 89.8 Å². The third-order valence-electron chi connectivity index (χ3n) is 4.76. The second-order valence-corrected chi connectivity index (χ2v) is 7.99. The lowest BCUT2D eigenvalue weighted by Crippen LogP contribution is -2.28. The zero-order chi connectivity index (χ0) is 20.5. The van der Waals surface area contributed by atoms with E-state index < -0.39 is 0 Å². The van der Waals surface area contributed by atoms with Crippen LogP contribution in [-0.2, 0) is 6.54 Å². The lowest BCUT2D eigenvalue weighted by Gasteiger charge is -2.16. The summed E-state index contributed by atoms with van der Waals surface area (Å²) >= 11 is 1.60. The third kappa shape index (κ3) is 3.40. The molecule has 0 aliphatic rings. The van der Waals surface area contributed by atoms with Crippen molar-refractivity contribution in [3.8, 4) is 17.1 Å². The van der Waals surface area contributed by atoms with Crippen LogP contribution in [0.5, 0.6) is 0 Å². The Hall–Kier alpha value is -3.71. The molecular formula is C23H18N4O2S. The average molecular weight is 414 g/mol. The molecule has 0 bridgehead atoms. The summed E-state index contributed by atoms with van der Waals surface area (Å²) in [7, 11) is 1.78. The lowest BCUT2D eigenvalue weighted by molar-refractivity contribution is 0.0776. The Morgan fingerprint density at radius 2 is 1.87 bits per heavy atom. The van der Waals surface area contributed by atoms with E-state index >= 15 is 0 Å². The number of carbonyl (C=O) groups is 1. The van der Waals surface area contributed by atoms with Gasteiger partial charge in [-0.2, -0.15) is 5.10 Å². The molecule has 30 heavy (non-hydrogen) atoms. The minimum Gasteiger partial charge on any atom is -0.463 e. The zero-order valence-corrected chi connectivity index (χ0v) is 17.0. The van der Waals surface area contributed by atoms with E-state index in [0.717, 1.165) is 20.9 Å². The molecule has 0 radical (unpaired) electrons. The van der Waals surface area contributed by atoms with E-state index in [4.69, 9.17) is 4.42 Å². The van der Waals surface area contributed by atoms with Crippen LogP contribution >= 0.6 is 11.3 Å². The molecule has 6 nitrogen and oxygen atoms in total. The SMILES string of the molecule is CN(Cc1nc2ccccc2s1)C(=O)c1cc(-c2ccco2)nn1-c1ccccc1. The Bertz CT molecular complexity index is 1270. The number of fused-ring (bicyclic) bond motifs is 1. The van der Waals surface area contributed by atoms with E-state index in [-0.39, 0.29) is 5.91 Å². The van der Waals surface area contributed by atoms with E-state index in [1.807, 2.05) is 60.7 Å². The van der Waals surface area contributed by atoms with Gasteiger partial charge in [0.25, 0.3) is 5.91 Å². The van der Waals surface area contributed by atoms with Crippen LogP contribution in [0.25, 0.3) is 27.4 Å². The van der Waals surface area contributed by atoms with Gasteiger partial charge in [-0.05, 0) is 36.4 Å². The number of benzene rings is 2. The van der Waals surface area contributed by atoms with Gasteiger partial charge in [0.2, 0.25) is 0 Å². The number of carbonyl (C=O) groups excluding carboxylic acids is 1. The summed E-state index contributed by atoms with van der Waals surface area (Å²) in [5, 5.41) is 5.52. The van der Waals surface area contributed by atoms with Crippen molar-refractivity contribution in [3.63, 3.8) is 0 Å². The van der Waals surface area contributed by atoms with Crippen molar-refractivity contribution in [2.45, 2.75) is 6.54 Å². The summed E-state index contributed by atoms with van der Waals surface area (Å²) in [6, 6.07) is 23.0. The molecule has 0 saturated heterocycles. The summed E-state index contributed by atoms with van der Waals surface area (Å²) in [5.41, 5.74) is 2.84. The van der Waals surface area contributed by atoms with Crippen molar-refractivity contribution in [1.82, 2.24) is 19.7 Å². The Kier molecular flexibility index (Phi) is 4.65.